The van der Waals surface area contributed by atoms with Crippen molar-refractivity contribution in [1.82, 2.24) is 5.32 Å². The van der Waals surface area contributed by atoms with Crippen LogP contribution >= 0.6 is 11.6 Å². The van der Waals surface area contributed by atoms with E-state index in [1.165, 1.54) is 0 Å². The van der Waals surface area contributed by atoms with Crippen molar-refractivity contribution in [3.8, 4) is 11.5 Å². The van der Waals surface area contributed by atoms with Crippen LogP contribution in [0.3, 0.4) is 0 Å². The fraction of sp³-hybridized carbons (Fsp3) is 0.136. The topological polar surface area (TPSA) is 47.6 Å². The second-order valence-corrected chi connectivity index (χ2v) is 6.37. The summed E-state index contributed by atoms with van der Waals surface area (Å²) in [5.74, 6) is 1.28. The zero-order valence-electron chi connectivity index (χ0n) is 14.9. The van der Waals surface area contributed by atoms with Gasteiger partial charge in [0.15, 0.2) is 0 Å². The van der Waals surface area contributed by atoms with Crippen LogP contribution in [0.25, 0.3) is 0 Å². The van der Waals surface area contributed by atoms with Gasteiger partial charge in [0.05, 0.1) is 7.11 Å². The van der Waals surface area contributed by atoms with Crippen LogP contribution in [0.15, 0.2) is 72.8 Å². The van der Waals surface area contributed by atoms with Crippen LogP contribution in [0.1, 0.15) is 21.5 Å². The standard InChI is InChI=1S/C22H20ClNO3/c1-26-21-12-9-17(13-18(21)15-27-20-5-3-2-4-6-20)22(25)24-14-16-7-10-19(23)11-8-16/h2-13H,14-15H2,1H3,(H,24,25). The molecule has 3 rings (SSSR count). The summed E-state index contributed by atoms with van der Waals surface area (Å²) in [5, 5.41) is 3.58. The van der Waals surface area contributed by atoms with Crippen LogP contribution in [-0.2, 0) is 13.2 Å². The number of carbonyl (C=O) groups is 1. The van der Waals surface area contributed by atoms with E-state index in [-0.39, 0.29) is 5.91 Å². The first-order valence-electron chi connectivity index (χ1n) is 8.53. The van der Waals surface area contributed by atoms with Crippen molar-refractivity contribution in [2.75, 3.05) is 7.11 Å². The molecule has 0 fully saturated rings. The highest BCUT2D eigenvalue weighted by Gasteiger charge is 2.11. The molecule has 0 radical (unpaired) electrons. The van der Waals surface area contributed by atoms with Crippen molar-refractivity contribution >= 4 is 17.5 Å². The maximum Gasteiger partial charge on any atom is 0.251 e. The number of benzene rings is 3. The Balaban J connectivity index is 1.67. The van der Waals surface area contributed by atoms with Gasteiger partial charge in [-0.3, -0.25) is 4.79 Å². The first-order valence-corrected chi connectivity index (χ1v) is 8.91. The van der Waals surface area contributed by atoms with Crippen LogP contribution in [-0.4, -0.2) is 13.0 Å². The lowest BCUT2D eigenvalue weighted by Gasteiger charge is -2.12. The lowest BCUT2D eigenvalue weighted by Crippen LogP contribution is -2.23. The van der Waals surface area contributed by atoms with Gasteiger partial charge in [-0.1, -0.05) is 41.9 Å². The fourth-order valence-corrected chi connectivity index (χ4v) is 2.72. The molecule has 0 unspecified atom stereocenters. The largest absolute Gasteiger partial charge is 0.496 e. The first-order chi connectivity index (χ1) is 13.2. The number of hydrogen-bond acceptors (Lipinski definition) is 3. The molecular formula is C22H20ClNO3. The predicted molar refractivity (Wildman–Crippen MR) is 106 cm³/mol. The third-order valence-electron chi connectivity index (χ3n) is 4.05. The molecule has 0 bridgehead atoms. The molecule has 1 amide bonds. The van der Waals surface area contributed by atoms with Gasteiger partial charge in [-0.15, -0.1) is 0 Å². The van der Waals surface area contributed by atoms with E-state index in [4.69, 9.17) is 21.1 Å². The van der Waals surface area contributed by atoms with Gasteiger partial charge in [0.25, 0.3) is 5.91 Å². The quantitative estimate of drug-likeness (QED) is 0.636. The second-order valence-electron chi connectivity index (χ2n) is 5.94. The summed E-state index contributed by atoms with van der Waals surface area (Å²) in [5.41, 5.74) is 2.34. The zero-order chi connectivity index (χ0) is 19.1. The van der Waals surface area contributed by atoms with Crippen LogP contribution in [0, 0.1) is 0 Å². The van der Waals surface area contributed by atoms with Gasteiger partial charge in [-0.05, 0) is 48.0 Å². The van der Waals surface area contributed by atoms with Gasteiger partial charge >= 0.3 is 0 Å². The summed E-state index contributed by atoms with van der Waals surface area (Å²) in [7, 11) is 1.60. The third kappa shape index (κ3) is 5.25. The number of nitrogens with one attached hydrogen (secondary N) is 1. The summed E-state index contributed by atoms with van der Waals surface area (Å²) >= 11 is 5.88. The maximum absolute atomic E-state index is 12.5. The van der Waals surface area contributed by atoms with Crippen LogP contribution < -0.4 is 14.8 Å². The van der Waals surface area contributed by atoms with Crippen LogP contribution in [0.2, 0.25) is 5.02 Å². The summed E-state index contributed by atoms with van der Waals surface area (Å²) in [4.78, 5) is 12.5. The lowest BCUT2D eigenvalue weighted by molar-refractivity contribution is 0.0950. The molecule has 0 saturated heterocycles. The Hall–Kier alpha value is -2.98. The van der Waals surface area contributed by atoms with E-state index in [1.54, 1.807) is 37.4 Å². The van der Waals surface area contributed by atoms with Crippen molar-refractivity contribution < 1.29 is 14.3 Å². The SMILES string of the molecule is COc1ccc(C(=O)NCc2ccc(Cl)cc2)cc1COc1ccccc1. The van der Waals surface area contributed by atoms with Gasteiger partial charge in [0.1, 0.15) is 18.1 Å². The first kappa shape index (κ1) is 18.8. The number of halogens is 1. The fourth-order valence-electron chi connectivity index (χ4n) is 2.60. The van der Waals surface area contributed by atoms with E-state index >= 15 is 0 Å². The molecule has 1 N–H and O–H groups in total. The third-order valence-corrected chi connectivity index (χ3v) is 4.30. The van der Waals surface area contributed by atoms with E-state index in [1.807, 2.05) is 42.5 Å². The molecule has 5 heteroatoms. The monoisotopic (exact) mass is 381 g/mol. The predicted octanol–water partition coefficient (Wildman–Crippen LogP) is 4.86. The summed E-state index contributed by atoms with van der Waals surface area (Å²) in [6.45, 7) is 0.739. The zero-order valence-corrected chi connectivity index (χ0v) is 15.7. The van der Waals surface area contributed by atoms with Crippen LogP contribution in [0.5, 0.6) is 11.5 Å². The number of carbonyl (C=O) groups excluding carboxylic acids is 1. The molecule has 0 atom stereocenters. The summed E-state index contributed by atoms with van der Waals surface area (Å²) in [6.07, 6.45) is 0. The van der Waals surface area contributed by atoms with Crippen molar-refractivity contribution in [3.63, 3.8) is 0 Å². The normalized spacial score (nSPS) is 10.3. The second kappa shape index (κ2) is 9.10. The highest BCUT2D eigenvalue weighted by atomic mass is 35.5. The van der Waals surface area contributed by atoms with Crippen molar-refractivity contribution in [2.45, 2.75) is 13.2 Å². The summed E-state index contributed by atoms with van der Waals surface area (Å²) < 4.78 is 11.2. The molecule has 0 aliphatic heterocycles. The Labute approximate surface area is 163 Å². The lowest BCUT2D eigenvalue weighted by atomic mass is 10.1. The Morgan fingerprint density at radius 1 is 1.00 bits per heavy atom. The Kier molecular flexibility index (Phi) is 6.34. The minimum absolute atomic E-state index is 0.159. The average Bonchev–Trinajstić information content (AvgIpc) is 2.72. The number of rotatable bonds is 7. The molecule has 0 aliphatic rings. The van der Waals surface area contributed by atoms with Gasteiger partial charge in [0.2, 0.25) is 0 Å². The van der Waals surface area contributed by atoms with Crippen LogP contribution in [0.4, 0.5) is 0 Å². The molecule has 138 valence electrons. The smallest absolute Gasteiger partial charge is 0.251 e. The number of amides is 1. The van der Waals surface area contributed by atoms with Gasteiger partial charge in [-0.25, -0.2) is 0 Å². The number of para-hydroxylation sites is 1. The Bertz CT molecular complexity index is 895. The molecule has 3 aromatic rings. The van der Waals surface area contributed by atoms with Crippen molar-refractivity contribution in [3.05, 3.63) is 94.5 Å². The maximum atomic E-state index is 12.5. The van der Waals surface area contributed by atoms with Crippen molar-refractivity contribution in [2.24, 2.45) is 0 Å². The number of methoxy groups -OCH3 is 1. The van der Waals surface area contributed by atoms with Gasteiger partial charge in [0, 0.05) is 22.7 Å². The summed E-state index contributed by atoms with van der Waals surface area (Å²) in [6, 6.07) is 22.2. The van der Waals surface area contributed by atoms with E-state index in [0.29, 0.717) is 29.5 Å². The average molecular weight is 382 g/mol. The van der Waals surface area contributed by atoms with E-state index in [9.17, 15) is 4.79 Å². The van der Waals surface area contributed by atoms with Crippen molar-refractivity contribution in [1.29, 1.82) is 0 Å². The Morgan fingerprint density at radius 3 is 2.44 bits per heavy atom. The Morgan fingerprint density at radius 2 is 1.74 bits per heavy atom. The minimum atomic E-state index is -0.159. The molecule has 3 aromatic carbocycles. The van der Waals surface area contributed by atoms with E-state index in [2.05, 4.69) is 5.32 Å². The molecular weight excluding hydrogens is 362 g/mol. The number of hydrogen-bond donors (Lipinski definition) is 1. The van der Waals surface area contributed by atoms with Gasteiger partial charge in [-0.2, -0.15) is 0 Å². The number of ether oxygens (including phenoxy) is 2. The molecule has 0 spiro atoms. The molecule has 4 nitrogen and oxygen atoms in total. The minimum Gasteiger partial charge on any atom is -0.496 e. The molecule has 0 aromatic heterocycles. The molecule has 27 heavy (non-hydrogen) atoms. The van der Waals surface area contributed by atoms with Gasteiger partial charge < -0.3 is 14.8 Å². The molecule has 0 saturated carbocycles. The molecule has 0 heterocycles. The van der Waals surface area contributed by atoms with E-state index in [0.717, 1.165) is 16.9 Å². The highest BCUT2D eigenvalue weighted by molar-refractivity contribution is 6.30. The van der Waals surface area contributed by atoms with E-state index < -0.39 is 0 Å². The highest BCUT2D eigenvalue weighted by Crippen LogP contribution is 2.22. The molecule has 0 aliphatic carbocycles.